The van der Waals surface area contributed by atoms with E-state index in [9.17, 15) is 0 Å². The van der Waals surface area contributed by atoms with Crippen LogP contribution in [0.1, 0.15) is 45.1 Å². The molecule has 0 radical (unpaired) electrons. The monoisotopic (exact) mass is 351 g/mol. The molecule has 0 bridgehead atoms. The van der Waals surface area contributed by atoms with Crippen molar-refractivity contribution < 1.29 is 4.74 Å². The fourth-order valence-corrected chi connectivity index (χ4v) is 2.95. The van der Waals surface area contributed by atoms with Crippen LogP contribution in [0.3, 0.4) is 0 Å². The molecule has 1 aliphatic carbocycles. The standard InChI is InChI=1S/C19H30ClN3O/c1-3-21-18(22-12-5-6-13-24-4-2)23-15-19(10-11-19)16-8-7-9-17(20)14-16/h7-9,14H,3-6,10-13,15H2,1-2H3,(H2,21,22,23). The number of ether oxygens (including phenoxy) is 1. The van der Waals surface area contributed by atoms with Crippen molar-refractivity contribution in [2.45, 2.75) is 44.9 Å². The van der Waals surface area contributed by atoms with E-state index < -0.39 is 0 Å². The second-order valence-corrected chi connectivity index (χ2v) is 6.75. The molecule has 0 atom stereocenters. The largest absolute Gasteiger partial charge is 0.382 e. The molecule has 1 fully saturated rings. The van der Waals surface area contributed by atoms with Gasteiger partial charge in [0.05, 0.1) is 6.54 Å². The molecule has 134 valence electrons. The smallest absolute Gasteiger partial charge is 0.191 e. The van der Waals surface area contributed by atoms with E-state index in [0.29, 0.717) is 0 Å². The molecule has 0 aromatic heterocycles. The van der Waals surface area contributed by atoms with E-state index in [1.54, 1.807) is 0 Å². The molecule has 0 saturated heterocycles. The summed E-state index contributed by atoms with van der Waals surface area (Å²) >= 11 is 6.14. The van der Waals surface area contributed by atoms with Crippen molar-refractivity contribution in [2.75, 3.05) is 32.8 Å². The topological polar surface area (TPSA) is 45.7 Å². The van der Waals surface area contributed by atoms with Crippen LogP contribution in [0.5, 0.6) is 0 Å². The zero-order valence-corrected chi connectivity index (χ0v) is 15.7. The summed E-state index contributed by atoms with van der Waals surface area (Å²) in [6, 6.07) is 8.21. The van der Waals surface area contributed by atoms with Crippen molar-refractivity contribution >= 4 is 17.6 Å². The molecule has 4 nitrogen and oxygen atoms in total. The number of halogens is 1. The first-order valence-corrected chi connectivity index (χ1v) is 9.44. The van der Waals surface area contributed by atoms with Gasteiger partial charge in [-0.1, -0.05) is 23.7 Å². The number of guanidine groups is 1. The van der Waals surface area contributed by atoms with Crippen molar-refractivity contribution in [2.24, 2.45) is 4.99 Å². The normalized spacial score (nSPS) is 16.0. The van der Waals surface area contributed by atoms with E-state index >= 15 is 0 Å². The van der Waals surface area contributed by atoms with E-state index in [2.05, 4.69) is 29.7 Å². The number of unbranched alkanes of at least 4 members (excludes halogenated alkanes) is 1. The molecule has 2 N–H and O–H groups in total. The molecule has 1 saturated carbocycles. The Morgan fingerprint density at radius 1 is 1.25 bits per heavy atom. The van der Waals surface area contributed by atoms with Gasteiger partial charge in [-0.25, -0.2) is 0 Å². The first-order chi connectivity index (χ1) is 11.7. The molecule has 0 amide bonds. The summed E-state index contributed by atoms with van der Waals surface area (Å²) in [5.41, 5.74) is 1.49. The summed E-state index contributed by atoms with van der Waals surface area (Å²) in [5.74, 6) is 0.905. The lowest BCUT2D eigenvalue weighted by atomic mass is 9.96. The average molecular weight is 352 g/mol. The van der Waals surface area contributed by atoms with Crippen molar-refractivity contribution in [1.29, 1.82) is 0 Å². The van der Waals surface area contributed by atoms with Crippen LogP contribution in [0.4, 0.5) is 0 Å². The molecular weight excluding hydrogens is 322 g/mol. The number of nitrogens with zero attached hydrogens (tertiary/aromatic N) is 1. The minimum atomic E-state index is 0.183. The van der Waals surface area contributed by atoms with Crippen LogP contribution in [0.2, 0.25) is 5.02 Å². The van der Waals surface area contributed by atoms with E-state index in [1.807, 2.05) is 19.1 Å². The molecule has 24 heavy (non-hydrogen) atoms. The van der Waals surface area contributed by atoms with Crippen molar-refractivity contribution in [3.05, 3.63) is 34.9 Å². The van der Waals surface area contributed by atoms with Crippen LogP contribution in [0.25, 0.3) is 0 Å². The fourth-order valence-electron chi connectivity index (χ4n) is 2.76. The Morgan fingerprint density at radius 2 is 2.08 bits per heavy atom. The molecule has 0 heterocycles. The van der Waals surface area contributed by atoms with Crippen LogP contribution < -0.4 is 10.6 Å². The van der Waals surface area contributed by atoms with E-state index in [4.69, 9.17) is 21.3 Å². The Hall–Kier alpha value is -1.26. The number of aliphatic imine (C=N–C) groups is 1. The second-order valence-electron chi connectivity index (χ2n) is 6.32. The number of hydrogen-bond donors (Lipinski definition) is 2. The van der Waals surface area contributed by atoms with Gasteiger partial charge in [0.15, 0.2) is 5.96 Å². The summed E-state index contributed by atoms with van der Waals surface area (Å²) < 4.78 is 5.36. The molecule has 0 aliphatic heterocycles. The van der Waals surface area contributed by atoms with Crippen molar-refractivity contribution in [3.8, 4) is 0 Å². The highest BCUT2D eigenvalue weighted by molar-refractivity contribution is 6.30. The SMILES string of the molecule is CCNC(=NCC1(c2cccc(Cl)c2)CC1)NCCCCOCC. The lowest BCUT2D eigenvalue weighted by molar-refractivity contribution is 0.143. The Balaban J connectivity index is 1.84. The third-order valence-electron chi connectivity index (χ3n) is 4.39. The van der Waals surface area contributed by atoms with Crippen LogP contribution >= 0.6 is 11.6 Å². The lowest BCUT2D eigenvalue weighted by Gasteiger charge is -2.16. The Morgan fingerprint density at radius 3 is 2.75 bits per heavy atom. The average Bonchev–Trinajstić information content (AvgIpc) is 3.37. The second kappa shape index (κ2) is 9.90. The van der Waals surface area contributed by atoms with E-state index in [1.165, 1.54) is 18.4 Å². The van der Waals surface area contributed by atoms with E-state index in [-0.39, 0.29) is 5.41 Å². The Labute approximate surface area is 151 Å². The maximum atomic E-state index is 6.14. The van der Waals surface area contributed by atoms with Gasteiger partial charge in [0, 0.05) is 36.7 Å². The number of nitrogens with one attached hydrogen (secondary N) is 2. The van der Waals surface area contributed by atoms with Gasteiger partial charge in [-0.3, -0.25) is 4.99 Å². The number of benzene rings is 1. The zero-order valence-electron chi connectivity index (χ0n) is 14.9. The summed E-state index contributed by atoms with van der Waals surface area (Å²) in [6.45, 7) is 8.35. The third kappa shape index (κ3) is 5.99. The minimum Gasteiger partial charge on any atom is -0.382 e. The quantitative estimate of drug-likeness (QED) is 0.383. The summed E-state index contributed by atoms with van der Waals surface area (Å²) in [4.78, 5) is 4.81. The van der Waals surface area contributed by atoms with Crippen LogP contribution in [0.15, 0.2) is 29.3 Å². The molecule has 1 aliphatic rings. The van der Waals surface area contributed by atoms with Crippen LogP contribution in [-0.4, -0.2) is 38.8 Å². The van der Waals surface area contributed by atoms with Crippen molar-refractivity contribution in [3.63, 3.8) is 0 Å². The van der Waals surface area contributed by atoms with Crippen LogP contribution in [0, 0.1) is 0 Å². The zero-order chi connectivity index (χ0) is 17.3. The number of rotatable bonds is 10. The van der Waals surface area contributed by atoms with Gasteiger partial charge in [-0.15, -0.1) is 0 Å². The third-order valence-corrected chi connectivity index (χ3v) is 4.62. The summed E-state index contributed by atoms with van der Waals surface area (Å²) in [6.07, 6.45) is 4.53. The van der Waals surface area contributed by atoms with Gasteiger partial charge in [-0.05, 0) is 57.2 Å². The van der Waals surface area contributed by atoms with Crippen molar-refractivity contribution in [1.82, 2.24) is 10.6 Å². The summed E-state index contributed by atoms with van der Waals surface area (Å²) in [7, 11) is 0. The molecule has 0 unspecified atom stereocenters. The highest BCUT2D eigenvalue weighted by Gasteiger charge is 2.44. The predicted molar refractivity (Wildman–Crippen MR) is 102 cm³/mol. The maximum Gasteiger partial charge on any atom is 0.191 e. The van der Waals surface area contributed by atoms with Gasteiger partial charge < -0.3 is 15.4 Å². The predicted octanol–water partition coefficient (Wildman–Crippen LogP) is 3.74. The fraction of sp³-hybridized carbons (Fsp3) is 0.632. The first-order valence-electron chi connectivity index (χ1n) is 9.06. The highest BCUT2D eigenvalue weighted by Crippen LogP contribution is 2.48. The van der Waals surface area contributed by atoms with Gasteiger partial charge in [0.1, 0.15) is 0 Å². The van der Waals surface area contributed by atoms with E-state index in [0.717, 1.165) is 56.7 Å². The van der Waals surface area contributed by atoms with Gasteiger partial charge in [-0.2, -0.15) is 0 Å². The molecule has 5 heteroatoms. The highest BCUT2D eigenvalue weighted by atomic mass is 35.5. The van der Waals surface area contributed by atoms with Crippen LogP contribution in [-0.2, 0) is 10.2 Å². The molecule has 0 spiro atoms. The maximum absolute atomic E-state index is 6.14. The van der Waals surface area contributed by atoms with Gasteiger partial charge in [0.25, 0.3) is 0 Å². The molecule has 1 aromatic rings. The molecular formula is C19H30ClN3O. The van der Waals surface area contributed by atoms with Gasteiger partial charge >= 0.3 is 0 Å². The molecule has 1 aromatic carbocycles. The first kappa shape index (κ1) is 19.1. The van der Waals surface area contributed by atoms with Gasteiger partial charge in [0.2, 0.25) is 0 Å². The summed E-state index contributed by atoms with van der Waals surface area (Å²) in [5, 5.41) is 7.56. The Kier molecular flexibility index (Phi) is 7.86. The molecule has 2 rings (SSSR count). The number of hydrogen-bond acceptors (Lipinski definition) is 2. The Bertz CT molecular complexity index is 529. The lowest BCUT2D eigenvalue weighted by Crippen LogP contribution is -2.38. The minimum absolute atomic E-state index is 0.183.